The van der Waals surface area contributed by atoms with Crippen LogP contribution in [0.2, 0.25) is 0 Å². The second kappa shape index (κ2) is 8.63. The molecule has 1 aliphatic heterocycles. The lowest BCUT2D eigenvalue weighted by molar-refractivity contribution is -0.147. The van der Waals surface area contributed by atoms with Gasteiger partial charge in [-0.05, 0) is 12.8 Å². The first kappa shape index (κ1) is 21.1. The molecular formula is C18H24N2O7. The first-order chi connectivity index (χ1) is 12.8. The standard InChI is InChI=1S/C18H24N2O7/c1-4-7-10-8-20(18(26)19-16(10)25)17-14(24)13(23)15(27-17)12(22)11(21)9(5-2)6-3/h8-9,11,13-15,17,21,23-24H,5-6H2,1-3H3,(H,19,25,26)/t11?,13-,14-,15+,17+/m0/s1. The van der Waals surface area contributed by atoms with E-state index in [-0.39, 0.29) is 11.5 Å². The number of carbonyl (C=O) groups excluding carboxylic acids is 1. The summed E-state index contributed by atoms with van der Waals surface area (Å²) in [7, 11) is 0. The minimum absolute atomic E-state index is 0.0331. The molecule has 1 saturated heterocycles. The zero-order valence-corrected chi connectivity index (χ0v) is 15.4. The molecule has 0 bridgehead atoms. The Kier molecular flexibility index (Phi) is 6.73. The van der Waals surface area contributed by atoms with Crippen molar-refractivity contribution in [3.05, 3.63) is 32.6 Å². The van der Waals surface area contributed by atoms with Crippen LogP contribution in [0.15, 0.2) is 15.8 Å². The predicted molar refractivity (Wildman–Crippen MR) is 94.9 cm³/mol. The molecule has 1 unspecified atom stereocenters. The Bertz CT molecular complexity index is 859. The van der Waals surface area contributed by atoms with Gasteiger partial charge in [0.1, 0.15) is 30.0 Å². The van der Waals surface area contributed by atoms with Crippen molar-refractivity contribution in [3.8, 4) is 11.8 Å². The monoisotopic (exact) mass is 380 g/mol. The first-order valence-electron chi connectivity index (χ1n) is 8.78. The number of aromatic nitrogens is 2. The fraction of sp³-hybridized carbons (Fsp3) is 0.611. The number of nitrogens with one attached hydrogen (secondary N) is 1. The molecule has 0 spiro atoms. The molecule has 4 N–H and O–H groups in total. The van der Waals surface area contributed by atoms with Gasteiger partial charge in [0.15, 0.2) is 12.0 Å². The second-order valence-corrected chi connectivity index (χ2v) is 6.44. The third-order valence-corrected chi connectivity index (χ3v) is 4.81. The van der Waals surface area contributed by atoms with E-state index in [0.29, 0.717) is 12.8 Å². The van der Waals surface area contributed by atoms with E-state index in [9.17, 15) is 29.7 Å². The van der Waals surface area contributed by atoms with E-state index in [1.165, 1.54) is 6.92 Å². The Morgan fingerprint density at radius 1 is 1.30 bits per heavy atom. The van der Waals surface area contributed by atoms with Crippen molar-refractivity contribution in [2.75, 3.05) is 0 Å². The van der Waals surface area contributed by atoms with Crippen LogP contribution in [0.1, 0.15) is 45.4 Å². The number of Topliss-reactive ketones (excluding diaryl/α,β-unsaturated/α-hetero) is 1. The highest BCUT2D eigenvalue weighted by Crippen LogP contribution is 2.30. The molecule has 5 atom stereocenters. The summed E-state index contributed by atoms with van der Waals surface area (Å²) in [6.45, 7) is 5.16. The van der Waals surface area contributed by atoms with Crippen LogP contribution in [0.3, 0.4) is 0 Å². The summed E-state index contributed by atoms with van der Waals surface area (Å²) in [5, 5.41) is 30.8. The lowest BCUT2D eigenvalue weighted by Crippen LogP contribution is -2.43. The van der Waals surface area contributed by atoms with Gasteiger partial charge in [-0.1, -0.05) is 32.6 Å². The Hall–Kier alpha value is -2.25. The maximum Gasteiger partial charge on any atom is 0.330 e. The summed E-state index contributed by atoms with van der Waals surface area (Å²) in [6, 6.07) is 0. The van der Waals surface area contributed by atoms with Crippen molar-refractivity contribution in [2.45, 2.75) is 64.3 Å². The first-order valence-corrected chi connectivity index (χ1v) is 8.78. The summed E-state index contributed by atoms with van der Waals surface area (Å²) in [5.41, 5.74) is -1.61. The van der Waals surface area contributed by atoms with Gasteiger partial charge >= 0.3 is 5.69 Å². The van der Waals surface area contributed by atoms with Gasteiger partial charge in [-0.25, -0.2) is 4.79 Å². The largest absolute Gasteiger partial charge is 0.387 e. The molecule has 1 aliphatic rings. The van der Waals surface area contributed by atoms with Crippen molar-refractivity contribution in [2.24, 2.45) is 5.92 Å². The molecule has 9 nitrogen and oxygen atoms in total. The van der Waals surface area contributed by atoms with E-state index in [2.05, 4.69) is 16.8 Å². The molecule has 0 radical (unpaired) electrons. The minimum Gasteiger partial charge on any atom is -0.387 e. The normalized spacial score (nSPS) is 25.9. The maximum atomic E-state index is 12.5. The molecule has 1 aromatic rings. The summed E-state index contributed by atoms with van der Waals surface area (Å²) < 4.78 is 6.30. The van der Waals surface area contributed by atoms with Gasteiger partial charge in [-0.2, -0.15) is 0 Å². The van der Waals surface area contributed by atoms with E-state index in [1.54, 1.807) is 0 Å². The van der Waals surface area contributed by atoms with E-state index in [1.807, 2.05) is 13.8 Å². The third-order valence-electron chi connectivity index (χ3n) is 4.81. The second-order valence-electron chi connectivity index (χ2n) is 6.44. The van der Waals surface area contributed by atoms with Gasteiger partial charge < -0.3 is 20.1 Å². The molecule has 0 aromatic carbocycles. The van der Waals surface area contributed by atoms with Crippen molar-refractivity contribution in [1.82, 2.24) is 9.55 Å². The van der Waals surface area contributed by atoms with Gasteiger partial charge in [0, 0.05) is 6.20 Å². The number of aliphatic hydroxyl groups is 3. The van der Waals surface area contributed by atoms with E-state index in [4.69, 9.17) is 4.74 Å². The van der Waals surface area contributed by atoms with Gasteiger partial charge in [-0.3, -0.25) is 19.1 Å². The van der Waals surface area contributed by atoms with E-state index in [0.717, 1.165) is 10.8 Å². The van der Waals surface area contributed by atoms with E-state index < -0.39 is 47.7 Å². The quantitative estimate of drug-likeness (QED) is 0.459. The molecule has 2 heterocycles. The van der Waals surface area contributed by atoms with Crippen LogP contribution < -0.4 is 11.2 Å². The zero-order valence-electron chi connectivity index (χ0n) is 15.4. The molecule has 9 heteroatoms. The van der Waals surface area contributed by atoms with Crippen molar-refractivity contribution in [3.63, 3.8) is 0 Å². The Labute approximate surface area is 155 Å². The molecule has 1 fully saturated rings. The zero-order chi connectivity index (χ0) is 20.3. The molecule has 0 saturated carbocycles. The molecule has 148 valence electrons. The van der Waals surface area contributed by atoms with Gasteiger partial charge in [0.25, 0.3) is 5.56 Å². The van der Waals surface area contributed by atoms with Gasteiger partial charge in [-0.15, -0.1) is 5.92 Å². The number of carbonyl (C=O) groups is 1. The summed E-state index contributed by atoms with van der Waals surface area (Å²) in [4.78, 5) is 38.4. The smallest absolute Gasteiger partial charge is 0.330 e. The Balaban J connectivity index is 2.36. The number of aromatic amines is 1. The number of rotatable bonds is 6. The van der Waals surface area contributed by atoms with Crippen LogP contribution in [-0.4, -0.2) is 55.1 Å². The SMILES string of the molecule is CC#Cc1cn([C@@H]2O[C@H](C(=O)C(O)C(CC)CC)[C@@H](O)[C@@H]2O)c(=O)[nH]c1=O. The van der Waals surface area contributed by atoms with Crippen LogP contribution in [0.5, 0.6) is 0 Å². The fourth-order valence-electron chi connectivity index (χ4n) is 3.16. The summed E-state index contributed by atoms with van der Waals surface area (Å²) in [5.74, 6) is 3.97. The molecular weight excluding hydrogens is 356 g/mol. The maximum absolute atomic E-state index is 12.5. The molecule has 0 amide bonds. The van der Waals surface area contributed by atoms with Crippen molar-refractivity contribution >= 4 is 5.78 Å². The fourth-order valence-corrected chi connectivity index (χ4v) is 3.16. The predicted octanol–water partition coefficient (Wildman–Crippen LogP) is -1.11. The highest BCUT2D eigenvalue weighted by Gasteiger charge is 2.49. The summed E-state index contributed by atoms with van der Waals surface area (Å²) in [6.07, 6.45) is -5.32. The molecule has 1 aromatic heterocycles. The lowest BCUT2D eigenvalue weighted by Gasteiger charge is -2.23. The average molecular weight is 380 g/mol. The topological polar surface area (TPSA) is 142 Å². The number of hydrogen-bond acceptors (Lipinski definition) is 7. The van der Waals surface area contributed by atoms with Crippen LogP contribution in [-0.2, 0) is 9.53 Å². The highest BCUT2D eigenvalue weighted by atomic mass is 16.6. The minimum atomic E-state index is -1.63. The number of ether oxygens (including phenoxy) is 1. The highest BCUT2D eigenvalue weighted by molar-refractivity contribution is 5.88. The van der Waals surface area contributed by atoms with Crippen LogP contribution in [0.4, 0.5) is 0 Å². The summed E-state index contributed by atoms with van der Waals surface area (Å²) >= 11 is 0. The van der Waals surface area contributed by atoms with Gasteiger partial charge in [0.05, 0.1) is 0 Å². The third kappa shape index (κ3) is 4.04. The Morgan fingerprint density at radius 2 is 1.93 bits per heavy atom. The average Bonchev–Trinajstić information content (AvgIpc) is 2.93. The number of H-pyrrole nitrogens is 1. The molecule has 27 heavy (non-hydrogen) atoms. The number of nitrogens with zero attached hydrogens (tertiary/aromatic N) is 1. The number of aliphatic hydroxyl groups excluding tert-OH is 3. The van der Waals surface area contributed by atoms with Crippen LogP contribution >= 0.6 is 0 Å². The number of hydrogen-bond donors (Lipinski definition) is 4. The van der Waals surface area contributed by atoms with Gasteiger partial charge in [0.2, 0.25) is 0 Å². The van der Waals surface area contributed by atoms with Crippen molar-refractivity contribution < 1.29 is 24.9 Å². The Morgan fingerprint density at radius 3 is 2.48 bits per heavy atom. The lowest BCUT2D eigenvalue weighted by atomic mass is 9.90. The molecule has 2 rings (SSSR count). The van der Waals surface area contributed by atoms with Crippen molar-refractivity contribution in [1.29, 1.82) is 0 Å². The number of ketones is 1. The van der Waals surface area contributed by atoms with E-state index >= 15 is 0 Å². The van der Waals surface area contributed by atoms with Crippen LogP contribution in [0, 0.1) is 17.8 Å². The molecule has 0 aliphatic carbocycles. The van der Waals surface area contributed by atoms with Crippen LogP contribution in [0.25, 0.3) is 0 Å².